The van der Waals surface area contributed by atoms with E-state index < -0.39 is 6.04 Å². The maximum absolute atomic E-state index is 13.2. The number of aromatic amines is 1. The van der Waals surface area contributed by atoms with Crippen LogP contribution in [0, 0.1) is 0 Å². The Hall–Kier alpha value is -4.14. The minimum atomic E-state index is -0.431. The van der Waals surface area contributed by atoms with Crippen LogP contribution >= 0.6 is 0 Å². The molecule has 0 bridgehead atoms. The number of nitrogens with zero attached hydrogens (tertiary/aromatic N) is 4. The number of amides is 2. The minimum Gasteiger partial charge on any atom is -0.497 e. The van der Waals surface area contributed by atoms with E-state index in [0.29, 0.717) is 30.4 Å². The van der Waals surface area contributed by atoms with Crippen LogP contribution in [-0.4, -0.2) is 38.1 Å². The lowest BCUT2D eigenvalue weighted by atomic mass is 10.0. The average Bonchev–Trinajstić information content (AvgIpc) is 3.48. The average molecular weight is 416 g/mol. The number of anilines is 1. The third-order valence-electron chi connectivity index (χ3n) is 5.26. The van der Waals surface area contributed by atoms with Gasteiger partial charge in [-0.05, 0) is 24.3 Å². The molecule has 2 amide bonds. The van der Waals surface area contributed by atoms with Crippen LogP contribution in [-0.2, 0) is 13.0 Å². The molecular formula is C22H20N6O3. The third-order valence-corrected chi connectivity index (χ3v) is 5.26. The lowest BCUT2D eigenvalue weighted by Gasteiger charge is -2.32. The summed E-state index contributed by atoms with van der Waals surface area (Å²) in [5, 5.41) is 7.05. The fourth-order valence-corrected chi connectivity index (χ4v) is 3.61. The molecule has 156 valence electrons. The van der Waals surface area contributed by atoms with E-state index in [2.05, 4.69) is 25.4 Å². The molecule has 3 heterocycles. The Bertz CT molecular complexity index is 1190. The summed E-state index contributed by atoms with van der Waals surface area (Å²) in [6, 6.07) is 16.0. The number of fused-ring (bicyclic) bond motifs is 1. The molecule has 1 aliphatic rings. The van der Waals surface area contributed by atoms with E-state index in [1.54, 1.807) is 42.6 Å². The molecule has 2 aromatic heterocycles. The van der Waals surface area contributed by atoms with Crippen molar-refractivity contribution in [3.05, 3.63) is 78.2 Å². The standard InChI is InChI=1S/C22H20N6O3/c1-30-16-9-7-15(8-10-16)25-22(29)28-12-18-17(23-13-24-18)11-19(28)21-26-20(27-31-21)14-5-3-2-4-6-14/h2-10,13,19H,11-12H2,1H3,(H,23,24)(H,25,29). The third kappa shape index (κ3) is 3.73. The molecule has 2 aromatic carbocycles. The molecule has 1 aliphatic heterocycles. The number of carbonyl (C=O) groups is 1. The number of carbonyl (C=O) groups excluding carboxylic acids is 1. The maximum Gasteiger partial charge on any atom is 0.322 e. The van der Waals surface area contributed by atoms with Gasteiger partial charge >= 0.3 is 6.03 Å². The van der Waals surface area contributed by atoms with Gasteiger partial charge in [-0.2, -0.15) is 4.98 Å². The van der Waals surface area contributed by atoms with Gasteiger partial charge in [0.1, 0.15) is 11.8 Å². The summed E-state index contributed by atoms with van der Waals surface area (Å²) < 4.78 is 10.7. The number of hydrogen-bond donors (Lipinski definition) is 2. The van der Waals surface area contributed by atoms with Gasteiger partial charge in [0.05, 0.1) is 31.4 Å². The fraction of sp³-hybridized carbons (Fsp3) is 0.182. The molecule has 1 unspecified atom stereocenters. The van der Waals surface area contributed by atoms with Crippen LogP contribution in [0.2, 0.25) is 0 Å². The van der Waals surface area contributed by atoms with E-state index in [-0.39, 0.29) is 6.03 Å². The number of ether oxygens (including phenoxy) is 1. The Morgan fingerprint density at radius 2 is 2.00 bits per heavy atom. The predicted octanol–water partition coefficient (Wildman–Crippen LogP) is 3.80. The number of H-pyrrole nitrogens is 1. The van der Waals surface area contributed by atoms with E-state index in [9.17, 15) is 4.79 Å². The first kappa shape index (κ1) is 18.9. The van der Waals surface area contributed by atoms with E-state index in [4.69, 9.17) is 9.26 Å². The van der Waals surface area contributed by atoms with Crippen molar-refractivity contribution in [2.45, 2.75) is 19.0 Å². The Morgan fingerprint density at radius 3 is 2.77 bits per heavy atom. The second-order valence-electron chi connectivity index (χ2n) is 7.16. The Labute approximate surface area is 178 Å². The lowest BCUT2D eigenvalue weighted by Crippen LogP contribution is -2.41. The van der Waals surface area contributed by atoms with Gasteiger partial charge in [0.25, 0.3) is 0 Å². The topological polar surface area (TPSA) is 109 Å². The van der Waals surface area contributed by atoms with Gasteiger partial charge in [0.15, 0.2) is 0 Å². The largest absolute Gasteiger partial charge is 0.497 e. The summed E-state index contributed by atoms with van der Waals surface area (Å²) in [5.41, 5.74) is 3.29. The molecule has 0 spiro atoms. The number of rotatable bonds is 4. The smallest absolute Gasteiger partial charge is 0.322 e. The van der Waals surface area contributed by atoms with Gasteiger partial charge in [0.2, 0.25) is 11.7 Å². The summed E-state index contributed by atoms with van der Waals surface area (Å²) in [6.45, 7) is 0.352. The number of imidazole rings is 1. The first-order chi connectivity index (χ1) is 15.2. The van der Waals surface area contributed by atoms with Crippen molar-refractivity contribution in [1.29, 1.82) is 0 Å². The highest BCUT2D eigenvalue weighted by molar-refractivity contribution is 5.89. The summed E-state index contributed by atoms with van der Waals surface area (Å²) >= 11 is 0. The second kappa shape index (κ2) is 7.94. The Morgan fingerprint density at radius 1 is 1.19 bits per heavy atom. The van der Waals surface area contributed by atoms with Crippen LogP contribution in [0.25, 0.3) is 11.4 Å². The van der Waals surface area contributed by atoms with Gasteiger partial charge in [0, 0.05) is 17.7 Å². The highest BCUT2D eigenvalue weighted by atomic mass is 16.5. The first-order valence-electron chi connectivity index (χ1n) is 9.83. The summed E-state index contributed by atoms with van der Waals surface area (Å²) in [7, 11) is 1.60. The van der Waals surface area contributed by atoms with Crippen molar-refractivity contribution in [1.82, 2.24) is 25.0 Å². The number of aromatic nitrogens is 4. The summed E-state index contributed by atoms with van der Waals surface area (Å²) in [5.74, 6) is 1.58. The van der Waals surface area contributed by atoms with E-state index in [1.165, 1.54) is 0 Å². The number of urea groups is 1. The number of methoxy groups -OCH3 is 1. The van der Waals surface area contributed by atoms with Crippen LogP contribution in [0.5, 0.6) is 5.75 Å². The quantitative estimate of drug-likeness (QED) is 0.524. The lowest BCUT2D eigenvalue weighted by molar-refractivity contribution is 0.155. The maximum atomic E-state index is 13.2. The second-order valence-corrected chi connectivity index (χ2v) is 7.16. The minimum absolute atomic E-state index is 0.269. The Balaban J connectivity index is 1.43. The van der Waals surface area contributed by atoms with Crippen molar-refractivity contribution < 1.29 is 14.1 Å². The molecule has 0 fully saturated rings. The molecule has 4 aromatic rings. The first-order valence-corrected chi connectivity index (χ1v) is 9.83. The molecule has 5 rings (SSSR count). The molecule has 2 N–H and O–H groups in total. The van der Waals surface area contributed by atoms with Gasteiger partial charge in [-0.3, -0.25) is 0 Å². The van der Waals surface area contributed by atoms with Crippen LogP contribution in [0.1, 0.15) is 23.3 Å². The molecule has 0 saturated carbocycles. The molecule has 9 nitrogen and oxygen atoms in total. The zero-order valence-corrected chi connectivity index (χ0v) is 16.8. The van der Waals surface area contributed by atoms with Crippen LogP contribution in [0.3, 0.4) is 0 Å². The SMILES string of the molecule is COc1ccc(NC(=O)N2Cc3[nH]cnc3CC2c2nc(-c3ccccc3)no2)cc1. The van der Waals surface area contributed by atoms with Crippen LogP contribution in [0.4, 0.5) is 10.5 Å². The van der Waals surface area contributed by atoms with Crippen molar-refractivity contribution >= 4 is 11.7 Å². The molecule has 31 heavy (non-hydrogen) atoms. The van der Waals surface area contributed by atoms with E-state index in [0.717, 1.165) is 22.7 Å². The highest BCUT2D eigenvalue weighted by Gasteiger charge is 2.36. The zero-order chi connectivity index (χ0) is 21.2. The zero-order valence-electron chi connectivity index (χ0n) is 16.8. The summed E-state index contributed by atoms with van der Waals surface area (Å²) in [4.78, 5) is 26.9. The summed E-state index contributed by atoms with van der Waals surface area (Å²) in [6.07, 6.45) is 2.11. The van der Waals surface area contributed by atoms with Gasteiger partial charge < -0.3 is 24.5 Å². The predicted molar refractivity (Wildman–Crippen MR) is 112 cm³/mol. The van der Waals surface area contributed by atoms with Crippen molar-refractivity contribution in [3.8, 4) is 17.1 Å². The highest BCUT2D eigenvalue weighted by Crippen LogP contribution is 2.32. The monoisotopic (exact) mass is 416 g/mol. The van der Waals surface area contributed by atoms with Crippen molar-refractivity contribution in [2.24, 2.45) is 0 Å². The van der Waals surface area contributed by atoms with E-state index >= 15 is 0 Å². The molecule has 0 saturated heterocycles. The number of benzene rings is 2. The van der Waals surface area contributed by atoms with E-state index in [1.807, 2.05) is 30.3 Å². The van der Waals surface area contributed by atoms with Crippen LogP contribution < -0.4 is 10.1 Å². The molecule has 0 aliphatic carbocycles. The number of hydrogen-bond acceptors (Lipinski definition) is 6. The molecule has 9 heteroatoms. The van der Waals surface area contributed by atoms with Crippen molar-refractivity contribution in [2.75, 3.05) is 12.4 Å². The van der Waals surface area contributed by atoms with Gasteiger partial charge in [-0.1, -0.05) is 35.5 Å². The van der Waals surface area contributed by atoms with Crippen molar-refractivity contribution in [3.63, 3.8) is 0 Å². The van der Waals surface area contributed by atoms with Gasteiger partial charge in [-0.25, -0.2) is 9.78 Å². The van der Waals surface area contributed by atoms with Crippen LogP contribution in [0.15, 0.2) is 65.4 Å². The fourth-order valence-electron chi connectivity index (χ4n) is 3.61. The number of nitrogens with one attached hydrogen (secondary N) is 2. The van der Waals surface area contributed by atoms with Gasteiger partial charge in [-0.15, -0.1) is 0 Å². The molecular weight excluding hydrogens is 396 g/mol. The molecule has 1 atom stereocenters. The normalized spacial score (nSPS) is 15.4. The molecule has 0 radical (unpaired) electrons. The Kier molecular flexibility index (Phi) is 4.83.